The third-order valence-corrected chi connectivity index (χ3v) is 2.97. The number of hydrogen-bond acceptors (Lipinski definition) is 3. The average molecular weight is 241 g/mol. The second-order valence-electron chi connectivity index (χ2n) is 3.51. The highest BCUT2D eigenvalue weighted by atomic mass is 32.1. The normalized spacial score (nSPS) is 12.1. The molecular weight excluding hydrogens is 226 g/mol. The van der Waals surface area contributed by atoms with Gasteiger partial charge < -0.3 is 10.0 Å². The number of thiophene rings is 1. The van der Waals surface area contributed by atoms with E-state index in [0.29, 0.717) is 12.1 Å². The Hall–Kier alpha value is -1.36. The molecule has 0 saturated carbocycles. The lowest BCUT2D eigenvalue weighted by Gasteiger charge is -2.27. The van der Waals surface area contributed by atoms with E-state index in [-0.39, 0.29) is 5.91 Å². The van der Waals surface area contributed by atoms with Crippen molar-refractivity contribution in [2.75, 3.05) is 6.54 Å². The number of carboxylic acid groups (broad SMARTS) is 1. The molecular formula is C11H15NO3S. The van der Waals surface area contributed by atoms with Crippen LogP contribution in [-0.2, 0) is 9.59 Å². The fraction of sp³-hybridized carbons (Fsp3) is 0.455. The van der Waals surface area contributed by atoms with Gasteiger partial charge in [-0.15, -0.1) is 0 Å². The average Bonchev–Trinajstić information content (AvgIpc) is 2.69. The van der Waals surface area contributed by atoms with Crippen LogP contribution in [0.4, 0.5) is 0 Å². The third-order valence-electron chi connectivity index (χ3n) is 2.27. The molecule has 0 aliphatic carbocycles. The zero-order valence-corrected chi connectivity index (χ0v) is 10.2. The minimum atomic E-state index is -0.984. The lowest BCUT2D eigenvalue weighted by atomic mass is 10.1. The number of hydrogen-bond donors (Lipinski definition) is 1. The maximum absolute atomic E-state index is 11.4. The quantitative estimate of drug-likeness (QED) is 0.859. The summed E-state index contributed by atoms with van der Waals surface area (Å²) in [4.78, 5) is 24.1. The van der Waals surface area contributed by atoms with E-state index in [1.807, 2.05) is 12.3 Å². The van der Waals surface area contributed by atoms with Crippen LogP contribution in [0.2, 0.25) is 0 Å². The van der Waals surface area contributed by atoms with E-state index in [2.05, 4.69) is 0 Å². The lowest BCUT2D eigenvalue weighted by Crippen LogP contribution is -2.37. The molecule has 0 aliphatic heterocycles. The largest absolute Gasteiger partial charge is 0.479 e. The monoisotopic (exact) mass is 241 g/mol. The summed E-state index contributed by atoms with van der Waals surface area (Å²) >= 11 is 1.43. The van der Waals surface area contributed by atoms with Gasteiger partial charge in [0.2, 0.25) is 5.91 Å². The molecule has 1 heterocycles. The molecule has 0 bridgehead atoms. The predicted molar refractivity (Wildman–Crippen MR) is 62.4 cm³/mol. The zero-order chi connectivity index (χ0) is 12.1. The summed E-state index contributed by atoms with van der Waals surface area (Å²) in [6.07, 6.45) is 0.744. The second kappa shape index (κ2) is 5.65. The Bertz CT molecular complexity index is 361. The first-order valence-corrected chi connectivity index (χ1v) is 6.04. The number of rotatable bonds is 5. The van der Waals surface area contributed by atoms with E-state index >= 15 is 0 Å². The lowest BCUT2D eigenvalue weighted by molar-refractivity contribution is -0.149. The van der Waals surface area contributed by atoms with Crippen LogP contribution in [0.5, 0.6) is 0 Å². The van der Waals surface area contributed by atoms with E-state index in [1.54, 1.807) is 11.4 Å². The molecule has 0 saturated heterocycles. The Morgan fingerprint density at radius 2 is 2.25 bits per heavy atom. The van der Waals surface area contributed by atoms with E-state index in [4.69, 9.17) is 0 Å². The molecule has 1 aromatic rings. The van der Waals surface area contributed by atoms with Crippen molar-refractivity contribution >= 4 is 23.2 Å². The first kappa shape index (κ1) is 12.7. The summed E-state index contributed by atoms with van der Waals surface area (Å²) < 4.78 is 0. The summed E-state index contributed by atoms with van der Waals surface area (Å²) in [5.41, 5.74) is 0.668. The number of carbonyl (C=O) groups excluding carboxylic acids is 1. The van der Waals surface area contributed by atoms with E-state index in [1.165, 1.54) is 23.2 Å². The van der Waals surface area contributed by atoms with E-state index in [9.17, 15) is 14.7 Å². The van der Waals surface area contributed by atoms with Gasteiger partial charge in [-0.25, -0.2) is 4.79 Å². The number of nitrogens with zero attached hydrogens (tertiary/aromatic N) is 1. The van der Waals surface area contributed by atoms with Crippen molar-refractivity contribution in [3.63, 3.8) is 0 Å². The summed E-state index contributed by atoms with van der Waals surface area (Å²) in [6, 6.07) is 0.887. The minimum absolute atomic E-state index is 0.208. The van der Waals surface area contributed by atoms with Crippen molar-refractivity contribution in [2.24, 2.45) is 0 Å². The van der Waals surface area contributed by atoms with Crippen LogP contribution in [-0.4, -0.2) is 28.4 Å². The zero-order valence-electron chi connectivity index (χ0n) is 9.34. The van der Waals surface area contributed by atoms with Crippen molar-refractivity contribution in [1.29, 1.82) is 0 Å². The van der Waals surface area contributed by atoms with Gasteiger partial charge in [-0.05, 0) is 28.8 Å². The van der Waals surface area contributed by atoms with Gasteiger partial charge in [-0.1, -0.05) is 6.92 Å². The smallest absolute Gasteiger partial charge is 0.331 e. The molecule has 16 heavy (non-hydrogen) atoms. The van der Waals surface area contributed by atoms with Crippen molar-refractivity contribution in [1.82, 2.24) is 4.90 Å². The van der Waals surface area contributed by atoms with Crippen LogP contribution in [0, 0.1) is 0 Å². The van der Waals surface area contributed by atoms with Gasteiger partial charge >= 0.3 is 5.97 Å². The third kappa shape index (κ3) is 2.82. The topological polar surface area (TPSA) is 57.6 Å². The molecule has 1 amide bonds. The fourth-order valence-electron chi connectivity index (χ4n) is 1.60. The van der Waals surface area contributed by atoms with Crippen LogP contribution in [0.15, 0.2) is 16.8 Å². The predicted octanol–water partition coefficient (Wildman–Crippen LogP) is 2.13. The highest BCUT2D eigenvalue weighted by Crippen LogP contribution is 2.23. The van der Waals surface area contributed by atoms with E-state index in [0.717, 1.165) is 6.42 Å². The summed E-state index contributed by atoms with van der Waals surface area (Å²) in [5, 5.41) is 12.8. The van der Waals surface area contributed by atoms with E-state index < -0.39 is 12.0 Å². The molecule has 1 N–H and O–H groups in total. The number of carbonyl (C=O) groups is 2. The van der Waals surface area contributed by atoms with Crippen molar-refractivity contribution in [3.8, 4) is 0 Å². The molecule has 0 spiro atoms. The Morgan fingerprint density at radius 1 is 1.56 bits per heavy atom. The highest BCUT2D eigenvalue weighted by molar-refractivity contribution is 7.08. The fourth-order valence-corrected chi connectivity index (χ4v) is 2.27. The molecule has 1 atom stereocenters. The molecule has 1 aromatic heterocycles. The summed E-state index contributed by atoms with van der Waals surface area (Å²) in [6.45, 7) is 3.78. The summed E-state index contributed by atoms with van der Waals surface area (Å²) in [5.74, 6) is -1.19. The molecule has 0 radical (unpaired) electrons. The molecule has 0 fully saturated rings. The minimum Gasteiger partial charge on any atom is -0.479 e. The van der Waals surface area contributed by atoms with Crippen LogP contribution in [0.3, 0.4) is 0 Å². The Labute approximate surface area is 98.5 Å². The molecule has 4 nitrogen and oxygen atoms in total. The molecule has 1 rings (SSSR count). The maximum atomic E-state index is 11.4. The number of aliphatic carboxylic acids is 1. The Morgan fingerprint density at radius 3 is 2.62 bits per heavy atom. The van der Waals surface area contributed by atoms with Gasteiger partial charge in [0.25, 0.3) is 0 Å². The van der Waals surface area contributed by atoms with Gasteiger partial charge in [0.15, 0.2) is 6.04 Å². The van der Waals surface area contributed by atoms with Crippen LogP contribution in [0.25, 0.3) is 0 Å². The standard InChI is InChI=1S/C11H15NO3S/c1-3-5-12(8(2)13)10(11(14)15)9-4-6-16-7-9/h4,6-7,10H,3,5H2,1-2H3,(H,14,15). The van der Waals surface area contributed by atoms with Crippen LogP contribution >= 0.6 is 11.3 Å². The van der Waals surface area contributed by atoms with Crippen molar-refractivity contribution in [2.45, 2.75) is 26.3 Å². The molecule has 1 unspecified atom stereocenters. The SMILES string of the molecule is CCCN(C(C)=O)C(C(=O)O)c1ccsc1. The van der Waals surface area contributed by atoms with Gasteiger partial charge in [-0.2, -0.15) is 11.3 Å². The summed E-state index contributed by atoms with van der Waals surface area (Å²) in [7, 11) is 0. The molecule has 0 aromatic carbocycles. The number of carboxylic acids is 1. The molecule has 0 aliphatic rings. The first-order valence-electron chi connectivity index (χ1n) is 5.10. The van der Waals surface area contributed by atoms with Gasteiger partial charge in [0, 0.05) is 13.5 Å². The first-order chi connectivity index (χ1) is 7.57. The van der Waals surface area contributed by atoms with Gasteiger partial charge in [0.1, 0.15) is 0 Å². The van der Waals surface area contributed by atoms with Crippen LogP contribution in [0.1, 0.15) is 31.9 Å². The maximum Gasteiger partial charge on any atom is 0.331 e. The Kier molecular flexibility index (Phi) is 4.49. The number of amides is 1. The van der Waals surface area contributed by atoms with Gasteiger partial charge in [0.05, 0.1) is 0 Å². The molecule has 5 heteroatoms. The van der Waals surface area contributed by atoms with Crippen molar-refractivity contribution in [3.05, 3.63) is 22.4 Å². The Balaban J connectivity index is 3.00. The second-order valence-corrected chi connectivity index (χ2v) is 4.29. The highest BCUT2D eigenvalue weighted by Gasteiger charge is 2.28. The van der Waals surface area contributed by atoms with Crippen molar-refractivity contribution < 1.29 is 14.7 Å². The van der Waals surface area contributed by atoms with Gasteiger partial charge in [-0.3, -0.25) is 4.79 Å². The molecule has 88 valence electrons. The van der Waals surface area contributed by atoms with Crippen LogP contribution < -0.4 is 0 Å².